The molecule has 1 aliphatic heterocycles. The Bertz CT molecular complexity index is 752. The van der Waals surface area contributed by atoms with Crippen LogP contribution in [0.1, 0.15) is 25.2 Å². The fourth-order valence-electron chi connectivity index (χ4n) is 2.49. The number of nitrogens with zero attached hydrogens (tertiary/aromatic N) is 4. The van der Waals surface area contributed by atoms with Crippen molar-refractivity contribution < 1.29 is 16.8 Å². The van der Waals surface area contributed by atoms with Gasteiger partial charge in [-0.3, -0.25) is 4.68 Å². The Labute approximate surface area is 137 Å². The maximum Gasteiger partial charge on any atom is 0.279 e. The van der Waals surface area contributed by atoms with Gasteiger partial charge in [-0.1, -0.05) is 13.8 Å². The van der Waals surface area contributed by atoms with E-state index >= 15 is 0 Å². The van der Waals surface area contributed by atoms with E-state index in [4.69, 9.17) is 0 Å². The lowest BCUT2D eigenvalue weighted by atomic mass is 10.3. The summed E-state index contributed by atoms with van der Waals surface area (Å²) >= 11 is 0. The number of nitrogens with one attached hydrogen (secondary N) is 1. The summed E-state index contributed by atoms with van der Waals surface area (Å²) in [6, 6.07) is 1.74. The Morgan fingerprint density at radius 1 is 1.22 bits per heavy atom. The van der Waals surface area contributed by atoms with Crippen LogP contribution in [0.25, 0.3) is 0 Å². The second-order valence-corrected chi connectivity index (χ2v) is 9.09. The first kappa shape index (κ1) is 18.3. The highest BCUT2D eigenvalue weighted by atomic mass is 32.2. The first-order valence-corrected chi connectivity index (χ1v) is 10.7. The Hall–Kier alpha value is -1.01. The summed E-state index contributed by atoms with van der Waals surface area (Å²) in [4.78, 5) is 0. The van der Waals surface area contributed by atoms with Crippen molar-refractivity contribution in [2.24, 2.45) is 0 Å². The summed E-state index contributed by atoms with van der Waals surface area (Å²) in [6.45, 7) is 5.52. The van der Waals surface area contributed by atoms with Crippen molar-refractivity contribution in [3.8, 4) is 0 Å². The van der Waals surface area contributed by atoms with E-state index in [1.807, 2.05) is 0 Å². The maximum absolute atomic E-state index is 12.1. The van der Waals surface area contributed by atoms with E-state index in [9.17, 15) is 16.8 Å². The zero-order valence-electron chi connectivity index (χ0n) is 13.6. The molecule has 132 valence electrons. The van der Waals surface area contributed by atoms with E-state index in [2.05, 4.69) is 9.82 Å². The smallest absolute Gasteiger partial charge is 0.267 e. The zero-order chi connectivity index (χ0) is 17.3. The molecule has 0 unspecified atom stereocenters. The molecule has 0 aliphatic carbocycles. The summed E-state index contributed by atoms with van der Waals surface area (Å²) in [5, 5.41) is 4.33. The Morgan fingerprint density at radius 3 is 2.43 bits per heavy atom. The molecule has 0 aromatic carbocycles. The second kappa shape index (κ2) is 6.85. The van der Waals surface area contributed by atoms with Gasteiger partial charge in [0, 0.05) is 19.6 Å². The van der Waals surface area contributed by atoms with Crippen LogP contribution in [0.15, 0.2) is 6.07 Å². The molecule has 1 aliphatic rings. The predicted molar refractivity (Wildman–Crippen MR) is 86.2 cm³/mol. The Kier molecular flexibility index (Phi) is 5.46. The fourth-order valence-corrected chi connectivity index (χ4v) is 4.46. The zero-order valence-corrected chi connectivity index (χ0v) is 15.2. The molecule has 23 heavy (non-hydrogen) atoms. The van der Waals surface area contributed by atoms with Crippen molar-refractivity contribution >= 4 is 20.2 Å². The largest absolute Gasteiger partial charge is 0.279 e. The average Bonchev–Trinajstić information content (AvgIpc) is 2.87. The molecule has 1 N–H and O–H groups in total. The molecule has 11 heteroatoms. The normalized spacial score (nSPS) is 16.7. The first-order valence-electron chi connectivity index (χ1n) is 7.42. The maximum atomic E-state index is 12.1. The minimum absolute atomic E-state index is 0.0811. The summed E-state index contributed by atoms with van der Waals surface area (Å²) in [5.41, 5.74) is 1.34. The van der Waals surface area contributed by atoms with Crippen LogP contribution in [0.2, 0.25) is 0 Å². The van der Waals surface area contributed by atoms with E-state index < -0.39 is 20.2 Å². The highest BCUT2D eigenvalue weighted by molar-refractivity contribution is 7.88. The van der Waals surface area contributed by atoms with Crippen LogP contribution in [-0.4, -0.2) is 61.1 Å². The molecule has 0 saturated carbocycles. The third-order valence-corrected chi connectivity index (χ3v) is 6.72. The highest BCUT2D eigenvalue weighted by Gasteiger charge is 2.25. The van der Waals surface area contributed by atoms with Crippen LogP contribution < -0.4 is 4.72 Å². The van der Waals surface area contributed by atoms with E-state index in [1.165, 1.54) is 14.9 Å². The number of sulfonamides is 1. The standard InChI is InChI=1S/C12H23N5O4S2/c1-4-15(5-2)23(20,21)13-9-11-8-12-10-16(22(3,18)19)6-7-17(12)14-11/h8,13H,4-7,9-10H2,1-3H3. The average molecular weight is 365 g/mol. The predicted octanol–water partition coefficient (Wildman–Crippen LogP) is -0.665. The van der Waals surface area contributed by atoms with Gasteiger partial charge in [0.1, 0.15) is 0 Å². The van der Waals surface area contributed by atoms with Gasteiger partial charge in [-0.15, -0.1) is 0 Å². The third kappa shape index (κ3) is 4.29. The number of aromatic nitrogens is 2. The summed E-state index contributed by atoms with van der Waals surface area (Å²) in [5.74, 6) is 0. The van der Waals surface area contributed by atoms with E-state index in [1.54, 1.807) is 24.6 Å². The third-order valence-electron chi connectivity index (χ3n) is 3.76. The molecule has 0 bridgehead atoms. The minimum atomic E-state index is -3.53. The monoisotopic (exact) mass is 365 g/mol. The first-order chi connectivity index (χ1) is 10.7. The van der Waals surface area contributed by atoms with Crippen molar-refractivity contribution in [3.63, 3.8) is 0 Å². The van der Waals surface area contributed by atoms with Crippen molar-refractivity contribution in [1.82, 2.24) is 23.1 Å². The topological polar surface area (TPSA) is 105 Å². The van der Waals surface area contributed by atoms with Crippen LogP contribution in [0.5, 0.6) is 0 Å². The lowest BCUT2D eigenvalue weighted by Gasteiger charge is -2.25. The van der Waals surface area contributed by atoms with Gasteiger partial charge in [-0.2, -0.15) is 26.8 Å². The lowest BCUT2D eigenvalue weighted by molar-refractivity contribution is 0.328. The molecule has 1 aromatic rings. The van der Waals surface area contributed by atoms with Gasteiger partial charge < -0.3 is 0 Å². The Morgan fingerprint density at radius 2 is 1.87 bits per heavy atom. The molecule has 2 rings (SSSR count). The fraction of sp³-hybridized carbons (Fsp3) is 0.750. The van der Waals surface area contributed by atoms with Crippen molar-refractivity contribution in [1.29, 1.82) is 0 Å². The van der Waals surface area contributed by atoms with Gasteiger partial charge in [0.25, 0.3) is 10.2 Å². The van der Waals surface area contributed by atoms with Gasteiger partial charge in [-0.25, -0.2) is 8.42 Å². The number of fused-ring (bicyclic) bond motifs is 1. The molecule has 0 fully saturated rings. The second-order valence-electron chi connectivity index (χ2n) is 5.36. The molecule has 0 spiro atoms. The molecule has 9 nitrogen and oxygen atoms in total. The SMILES string of the molecule is CCN(CC)S(=O)(=O)NCc1cc2n(n1)CCN(S(C)(=O)=O)C2. The molecule has 0 saturated heterocycles. The molecule has 2 heterocycles. The van der Waals surface area contributed by atoms with Crippen LogP contribution in [-0.2, 0) is 39.9 Å². The Balaban J connectivity index is 2.06. The molecule has 0 radical (unpaired) electrons. The summed E-state index contributed by atoms with van der Waals surface area (Å²) in [6.07, 6.45) is 1.18. The summed E-state index contributed by atoms with van der Waals surface area (Å²) < 4.78 is 54.3. The van der Waals surface area contributed by atoms with Gasteiger partial charge in [0.2, 0.25) is 10.0 Å². The molecule has 0 atom stereocenters. The highest BCUT2D eigenvalue weighted by Crippen LogP contribution is 2.16. The number of hydrogen-bond acceptors (Lipinski definition) is 5. The van der Waals surface area contributed by atoms with Gasteiger partial charge >= 0.3 is 0 Å². The van der Waals surface area contributed by atoms with Gasteiger partial charge in [0.15, 0.2) is 0 Å². The van der Waals surface area contributed by atoms with E-state index in [-0.39, 0.29) is 13.1 Å². The lowest BCUT2D eigenvalue weighted by Crippen LogP contribution is -2.40. The van der Waals surface area contributed by atoms with E-state index in [0.29, 0.717) is 31.9 Å². The van der Waals surface area contributed by atoms with Crippen molar-refractivity contribution in [2.75, 3.05) is 25.9 Å². The number of rotatable bonds is 7. The van der Waals surface area contributed by atoms with Crippen LogP contribution in [0.4, 0.5) is 0 Å². The summed E-state index contributed by atoms with van der Waals surface area (Å²) in [7, 11) is -6.77. The van der Waals surface area contributed by atoms with Crippen molar-refractivity contribution in [3.05, 3.63) is 17.5 Å². The van der Waals surface area contributed by atoms with Gasteiger partial charge in [0.05, 0.1) is 37.3 Å². The quantitative estimate of drug-likeness (QED) is 0.690. The van der Waals surface area contributed by atoms with Crippen LogP contribution in [0, 0.1) is 0 Å². The van der Waals surface area contributed by atoms with Crippen LogP contribution in [0.3, 0.4) is 0 Å². The van der Waals surface area contributed by atoms with Gasteiger partial charge in [-0.05, 0) is 6.07 Å². The minimum Gasteiger partial charge on any atom is -0.267 e. The molecule has 0 amide bonds. The van der Waals surface area contributed by atoms with Crippen molar-refractivity contribution in [2.45, 2.75) is 33.5 Å². The molecular formula is C12H23N5O4S2. The number of hydrogen-bond donors (Lipinski definition) is 1. The molecular weight excluding hydrogens is 342 g/mol. The molecule has 1 aromatic heterocycles. The van der Waals surface area contributed by atoms with E-state index in [0.717, 1.165) is 5.69 Å². The van der Waals surface area contributed by atoms with Crippen LogP contribution >= 0.6 is 0 Å².